The van der Waals surface area contributed by atoms with E-state index in [1.54, 1.807) is 0 Å². The summed E-state index contributed by atoms with van der Waals surface area (Å²) in [4.78, 5) is 6.92. The molecule has 1 N–H and O–H groups in total. The maximum Gasteiger partial charge on any atom is 0.193 e. The van der Waals surface area contributed by atoms with Gasteiger partial charge in [0.1, 0.15) is 0 Å². The quantitative estimate of drug-likeness (QED) is 0.240. The zero-order chi connectivity index (χ0) is 15.3. The van der Waals surface area contributed by atoms with E-state index in [-0.39, 0.29) is 24.0 Å². The molecule has 0 aromatic rings. The summed E-state index contributed by atoms with van der Waals surface area (Å²) in [6, 6.07) is 0. The average Bonchev–Trinajstić information content (AvgIpc) is 2.80. The van der Waals surface area contributed by atoms with Crippen molar-refractivity contribution in [3.8, 4) is 0 Å². The second kappa shape index (κ2) is 9.44. The Morgan fingerprint density at radius 3 is 2.43 bits per heavy atom. The van der Waals surface area contributed by atoms with Crippen LogP contribution >= 0.6 is 24.0 Å². The first-order valence-electron chi connectivity index (χ1n) is 9.39. The smallest absolute Gasteiger partial charge is 0.193 e. The molecule has 23 heavy (non-hydrogen) atoms. The molecule has 3 rings (SSSR count). The van der Waals surface area contributed by atoms with Gasteiger partial charge >= 0.3 is 0 Å². The Hall–Kier alpha value is -0.0400. The summed E-state index contributed by atoms with van der Waals surface area (Å²) in [5.74, 6) is 1.08. The minimum atomic E-state index is 0. The van der Waals surface area contributed by atoms with Crippen LogP contribution in [0.1, 0.15) is 64.2 Å². The van der Waals surface area contributed by atoms with Crippen molar-refractivity contribution in [1.82, 2.24) is 10.2 Å². The number of ether oxygens (including phenoxy) is 1. The third-order valence-corrected chi connectivity index (χ3v) is 5.90. The number of hydrogen-bond acceptors (Lipinski definition) is 2. The monoisotopic (exact) mass is 435 g/mol. The lowest BCUT2D eigenvalue weighted by molar-refractivity contribution is 0.0465. The number of aliphatic imine (C=N–C) groups is 1. The molecule has 0 unspecified atom stereocenters. The molecule has 1 heterocycles. The number of rotatable bonds is 4. The van der Waals surface area contributed by atoms with E-state index in [9.17, 15) is 0 Å². The molecule has 1 spiro atoms. The molecule has 4 nitrogen and oxygen atoms in total. The van der Waals surface area contributed by atoms with E-state index in [4.69, 9.17) is 4.74 Å². The number of halogens is 1. The van der Waals surface area contributed by atoms with Gasteiger partial charge in [-0.1, -0.05) is 32.1 Å². The lowest BCUT2D eigenvalue weighted by Crippen LogP contribution is -2.43. The predicted molar refractivity (Wildman–Crippen MR) is 107 cm³/mol. The molecule has 0 amide bonds. The third kappa shape index (κ3) is 5.21. The highest BCUT2D eigenvalue weighted by atomic mass is 127. The van der Waals surface area contributed by atoms with E-state index in [2.05, 4.69) is 15.2 Å². The van der Waals surface area contributed by atoms with Crippen LogP contribution in [0, 0.1) is 5.41 Å². The Labute approximate surface area is 158 Å². The summed E-state index contributed by atoms with van der Waals surface area (Å²) in [5, 5.41) is 3.50. The van der Waals surface area contributed by atoms with Crippen molar-refractivity contribution in [2.45, 2.75) is 70.3 Å². The third-order valence-electron chi connectivity index (χ3n) is 5.90. The topological polar surface area (TPSA) is 36.9 Å². The van der Waals surface area contributed by atoms with Crippen molar-refractivity contribution >= 4 is 29.9 Å². The molecular weight excluding hydrogens is 401 g/mol. The van der Waals surface area contributed by atoms with E-state index in [1.165, 1.54) is 77.3 Å². The van der Waals surface area contributed by atoms with E-state index >= 15 is 0 Å². The fourth-order valence-electron chi connectivity index (χ4n) is 4.33. The lowest BCUT2D eigenvalue weighted by atomic mass is 9.68. The molecule has 0 atom stereocenters. The number of guanidine groups is 1. The summed E-state index contributed by atoms with van der Waals surface area (Å²) in [7, 11) is 1.90. The molecule has 0 aromatic heterocycles. The zero-order valence-electron chi connectivity index (χ0n) is 14.7. The Bertz CT molecular complexity index is 376. The van der Waals surface area contributed by atoms with E-state index < -0.39 is 0 Å². The van der Waals surface area contributed by atoms with E-state index in [0.29, 0.717) is 11.5 Å². The first kappa shape index (κ1) is 19.3. The van der Waals surface area contributed by atoms with Gasteiger partial charge in [-0.25, -0.2) is 0 Å². The molecule has 0 aromatic carbocycles. The largest absolute Gasteiger partial charge is 0.376 e. The van der Waals surface area contributed by atoms with Crippen molar-refractivity contribution in [2.75, 3.05) is 33.3 Å². The van der Waals surface area contributed by atoms with Gasteiger partial charge in [-0.3, -0.25) is 4.99 Å². The van der Waals surface area contributed by atoms with Gasteiger partial charge in [-0.15, -0.1) is 24.0 Å². The Kier molecular flexibility index (Phi) is 7.92. The van der Waals surface area contributed by atoms with Crippen LogP contribution in [0.25, 0.3) is 0 Å². The standard InChI is InChI=1S/C18H33N3O.HI/c1-19-17(21-13-11-18(15-21)9-6-10-18)20-12-14-22-16-7-4-2-3-5-8-16;/h16H,2-15H2,1H3,(H,19,20);1H. The first-order valence-corrected chi connectivity index (χ1v) is 9.39. The van der Waals surface area contributed by atoms with Gasteiger partial charge < -0.3 is 15.0 Å². The van der Waals surface area contributed by atoms with Gasteiger partial charge in [0.25, 0.3) is 0 Å². The van der Waals surface area contributed by atoms with Gasteiger partial charge in [-0.05, 0) is 37.5 Å². The zero-order valence-corrected chi connectivity index (χ0v) is 17.0. The molecule has 3 fully saturated rings. The summed E-state index contributed by atoms with van der Waals surface area (Å²) in [6.45, 7) is 4.06. The second-order valence-electron chi connectivity index (χ2n) is 7.48. The van der Waals surface area contributed by atoms with Crippen LogP contribution in [-0.2, 0) is 4.74 Å². The van der Waals surface area contributed by atoms with Crippen LogP contribution in [0.15, 0.2) is 4.99 Å². The van der Waals surface area contributed by atoms with Crippen LogP contribution < -0.4 is 5.32 Å². The molecule has 5 heteroatoms. The van der Waals surface area contributed by atoms with E-state index in [1.807, 2.05) is 7.05 Å². The Morgan fingerprint density at radius 2 is 1.87 bits per heavy atom. The minimum Gasteiger partial charge on any atom is -0.376 e. The van der Waals surface area contributed by atoms with Crippen LogP contribution in [0.4, 0.5) is 0 Å². The van der Waals surface area contributed by atoms with Gasteiger partial charge in [-0.2, -0.15) is 0 Å². The SMILES string of the molecule is CN=C(NCCOC1CCCCCC1)N1CCC2(CCC2)C1.I. The minimum absolute atomic E-state index is 0. The highest BCUT2D eigenvalue weighted by molar-refractivity contribution is 14.0. The number of likely N-dealkylation sites (tertiary alicyclic amines) is 1. The lowest BCUT2D eigenvalue weighted by Gasteiger charge is -2.38. The van der Waals surface area contributed by atoms with Gasteiger partial charge in [0.15, 0.2) is 5.96 Å². The predicted octanol–water partition coefficient (Wildman–Crippen LogP) is 3.80. The molecule has 0 bridgehead atoms. The molecule has 1 aliphatic heterocycles. The normalized spacial score (nSPS) is 24.9. The molecule has 2 saturated carbocycles. The second-order valence-corrected chi connectivity index (χ2v) is 7.48. The maximum absolute atomic E-state index is 6.06. The van der Waals surface area contributed by atoms with Gasteiger partial charge in [0.05, 0.1) is 12.7 Å². The summed E-state index contributed by atoms with van der Waals surface area (Å²) >= 11 is 0. The molecule has 134 valence electrons. The summed E-state index contributed by atoms with van der Waals surface area (Å²) in [6.07, 6.45) is 14.1. The number of hydrogen-bond donors (Lipinski definition) is 1. The Balaban J connectivity index is 0.00000192. The van der Waals surface area contributed by atoms with Crippen molar-refractivity contribution in [3.05, 3.63) is 0 Å². The number of nitrogens with zero attached hydrogens (tertiary/aromatic N) is 2. The van der Waals surface area contributed by atoms with Crippen LogP contribution in [0.2, 0.25) is 0 Å². The van der Waals surface area contributed by atoms with E-state index in [0.717, 1.165) is 19.1 Å². The van der Waals surface area contributed by atoms with Crippen LogP contribution in [-0.4, -0.2) is 50.3 Å². The molecular formula is C18H34IN3O. The van der Waals surface area contributed by atoms with Crippen molar-refractivity contribution in [3.63, 3.8) is 0 Å². The maximum atomic E-state index is 6.06. The van der Waals surface area contributed by atoms with Crippen molar-refractivity contribution in [1.29, 1.82) is 0 Å². The van der Waals surface area contributed by atoms with Gasteiger partial charge in [0.2, 0.25) is 0 Å². The highest BCUT2D eigenvalue weighted by Gasteiger charge is 2.43. The molecule has 3 aliphatic rings. The van der Waals surface area contributed by atoms with Crippen LogP contribution in [0.5, 0.6) is 0 Å². The fourth-order valence-corrected chi connectivity index (χ4v) is 4.33. The van der Waals surface area contributed by atoms with Gasteiger partial charge in [0, 0.05) is 26.7 Å². The highest BCUT2D eigenvalue weighted by Crippen LogP contribution is 2.47. The number of nitrogens with one attached hydrogen (secondary N) is 1. The summed E-state index contributed by atoms with van der Waals surface area (Å²) in [5.41, 5.74) is 0.633. The average molecular weight is 435 g/mol. The van der Waals surface area contributed by atoms with Crippen LogP contribution in [0.3, 0.4) is 0 Å². The molecule has 2 aliphatic carbocycles. The summed E-state index contributed by atoms with van der Waals surface area (Å²) < 4.78 is 6.06. The van der Waals surface area contributed by atoms with Crippen molar-refractivity contribution in [2.24, 2.45) is 10.4 Å². The molecule has 1 saturated heterocycles. The first-order chi connectivity index (χ1) is 10.8. The molecule has 0 radical (unpaired) electrons. The van der Waals surface area contributed by atoms with Crippen molar-refractivity contribution < 1.29 is 4.74 Å². The Morgan fingerprint density at radius 1 is 1.13 bits per heavy atom. The fraction of sp³-hybridized carbons (Fsp3) is 0.944.